The predicted molar refractivity (Wildman–Crippen MR) is 112 cm³/mol. The van der Waals surface area contributed by atoms with Gasteiger partial charge in [0.1, 0.15) is 11.6 Å². The zero-order chi connectivity index (χ0) is 19.8. The molecule has 0 saturated heterocycles. The zero-order valence-electron chi connectivity index (χ0n) is 16.3. The first kappa shape index (κ1) is 22.7. The fourth-order valence-corrected chi connectivity index (χ4v) is 2.98. The van der Waals surface area contributed by atoms with Gasteiger partial charge in [0.25, 0.3) is 0 Å². The first-order valence-electron chi connectivity index (χ1n) is 9.38. The molecule has 0 aliphatic carbocycles. The van der Waals surface area contributed by atoms with Crippen molar-refractivity contribution in [3.05, 3.63) is 83.5 Å². The standard InChI is InChI=1S/C22H24FN3O2.ClH/c1-16(17-3-5-18(23)6-4-17)11-19-13-22(28-10-2-9-27)14-20(26-19)12-21-15-24-7-8-25-21;/h3-8,13-16,27H,2,9-12H2,1H3;1H/t16-;/m1./s1. The fraction of sp³-hybridized carbons (Fsp3) is 0.318. The minimum atomic E-state index is -0.236. The lowest BCUT2D eigenvalue weighted by Gasteiger charge is -2.14. The van der Waals surface area contributed by atoms with Gasteiger partial charge in [0, 0.05) is 55.9 Å². The molecular formula is C22H25ClFN3O2. The van der Waals surface area contributed by atoms with Gasteiger partial charge in [-0.3, -0.25) is 15.0 Å². The molecule has 2 aromatic heterocycles. The molecule has 5 nitrogen and oxygen atoms in total. The van der Waals surface area contributed by atoms with Crippen LogP contribution in [0.2, 0.25) is 0 Å². The Bertz CT molecular complexity index is 879. The number of hydrogen-bond acceptors (Lipinski definition) is 5. The van der Waals surface area contributed by atoms with E-state index in [1.54, 1.807) is 18.6 Å². The summed E-state index contributed by atoms with van der Waals surface area (Å²) in [5.41, 5.74) is 3.64. The van der Waals surface area contributed by atoms with Gasteiger partial charge < -0.3 is 9.84 Å². The number of pyridine rings is 1. The molecule has 29 heavy (non-hydrogen) atoms. The SMILES string of the molecule is C[C@H](Cc1cc(OCCCO)cc(Cc2cnccn2)n1)c1ccc(F)cc1.Cl. The summed E-state index contributed by atoms with van der Waals surface area (Å²) in [6.45, 7) is 2.63. The molecule has 0 amide bonds. The zero-order valence-corrected chi connectivity index (χ0v) is 17.1. The average molecular weight is 418 g/mol. The molecular weight excluding hydrogens is 393 g/mol. The van der Waals surface area contributed by atoms with Crippen LogP contribution < -0.4 is 4.74 Å². The van der Waals surface area contributed by atoms with E-state index in [1.165, 1.54) is 12.1 Å². The van der Waals surface area contributed by atoms with Gasteiger partial charge in [0.2, 0.25) is 0 Å². The smallest absolute Gasteiger partial charge is 0.123 e. The summed E-state index contributed by atoms with van der Waals surface area (Å²) < 4.78 is 19.0. The number of aliphatic hydroxyl groups is 1. The Morgan fingerprint density at radius 2 is 1.83 bits per heavy atom. The molecule has 3 aromatic rings. The van der Waals surface area contributed by atoms with Gasteiger partial charge >= 0.3 is 0 Å². The third kappa shape index (κ3) is 7.07. The molecule has 1 atom stereocenters. The number of nitrogens with zero attached hydrogens (tertiary/aromatic N) is 3. The van der Waals surface area contributed by atoms with Gasteiger partial charge in [-0.25, -0.2) is 4.39 Å². The monoisotopic (exact) mass is 417 g/mol. The second-order valence-electron chi connectivity index (χ2n) is 6.74. The number of aliphatic hydroxyl groups excluding tert-OH is 1. The van der Waals surface area contributed by atoms with Crippen LogP contribution in [-0.2, 0) is 12.8 Å². The van der Waals surface area contributed by atoms with Crippen LogP contribution in [0.15, 0.2) is 55.0 Å². The minimum absolute atomic E-state index is 0. The minimum Gasteiger partial charge on any atom is -0.493 e. The number of ether oxygens (including phenoxy) is 1. The molecule has 0 saturated carbocycles. The number of benzene rings is 1. The molecule has 1 N–H and O–H groups in total. The van der Waals surface area contributed by atoms with E-state index in [0.29, 0.717) is 25.9 Å². The van der Waals surface area contributed by atoms with Crippen LogP contribution >= 0.6 is 12.4 Å². The maximum atomic E-state index is 13.2. The van der Waals surface area contributed by atoms with E-state index in [4.69, 9.17) is 14.8 Å². The van der Waals surface area contributed by atoms with E-state index in [0.717, 1.165) is 28.4 Å². The number of aromatic nitrogens is 3. The normalized spacial score (nSPS) is 11.6. The van der Waals surface area contributed by atoms with Gasteiger partial charge in [0.05, 0.1) is 18.0 Å². The van der Waals surface area contributed by atoms with Crippen LogP contribution in [-0.4, -0.2) is 33.3 Å². The summed E-state index contributed by atoms with van der Waals surface area (Å²) in [4.78, 5) is 13.2. The van der Waals surface area contributed by atoms with Gasteiger partial charge in [-0.2, -0.15) is 0 Å². The van der Waals surface area contributed by atoms with Crippen LogP contribution in [0.1, 0.15) is 41.9 Å². The molecule has 0 unspecified atom stereocenters. The highest BCUT2D eigenvalue weighted by atomic mass is 35.5. The number of rotatable bonds is 9. The van der Waals surface area contributed by atoms with Crippen LogP contribution in [0.25, 0.3) is 0 Å². The number of halogens is 2. The van der Waals surface area contributed by atoms with Crippen molar-refractivity contribution in [3.8, 4) is 5.75 Å². The summed E-state index contributed by atoms with van der Waals surface area (Å²) in [7, 11) is 0. The van der Waals surface area contributed by atoms with E-state index in [9.17, 15) is 4.39 Å². The van der Waals surface area contributed by atoms with Crippen LogP contribution in [0.3, 0.4) is 0 Å². The molecule has 7 heteroatoms. The van der Waals surface area contributed by atoms with Crippen molar-refractivity contribution in [1.29, 1.82) is 0 Å². The fourth-order valence-electron chi connectivity index (χ4n) is 2.98. The quantitative estimate of drug-likeness (QED) is 0.530. The van der Waals surface area contributed by atoms with Crippen LogP contribution in [0.5, 0.6) is 5.75 Å². The third-order valence-electron chi connectivity index (χ3n) is 4.41. The van der Waals surface area contributed by atoms with Crippen molar-refractivity contribution in [1.82, 2.24) is 15.0 Å². The molecule has 0 spiro atoms. The van der Waals surface area contributed by atoms with E-state index in [1.807, 2.05) is 24.3 Å². The summed E-state index contributed by atoms with van der Waals surface area (Å²) >= 11 is 0. The van der Waals surface area contributed by atoms with Gasteiger partial charge in [-0.15, -0.1) is 12.4 Å². The Morgan fingerprint density at radius 1 is 1.07 bits per heavy atom. The largest absolute Gasteiger partial charge is 0.493 e. The first-order chi connectivity index (χ1) is 13.6. The Balaban J connectivity index is 0.00000300. The van der Waals surface area contributed by atoms with Gasteiger partial charge in [0.15, 0.2) is 0 Å². The summed E-state index contributed by atoms with van der Waals surface area (Å²) in [5, 5.41) is 8.98. The van der Waals surface area contributed by atoms with E-state index < -0.39 is 0 Å². The average Bonchev–Trinajstić information content (AvgIpc) is 2.69. The van der Waals surface area contributed by atoms with Crippen LogP contribution in [0, 0.1) is 5.82 Å². The van der Waals surface area contributed by atoms with Crippen molar-refractivity contribution in [2.24, 2.45) is 0 Å². The summed E-state index contributed by atoms with van der Waals surface area (Å²) in [5.74, 6) is 0.674. The summed E-state index contributed by atoms with van der Waals surface area (Å²) in [6, 6.07) is 10.4. The van der Waals surface area contributed by atoms with E-state index in [-0.39, 0.29) is 30.7 Å². The van der Waals surface area contributed by atoms with Gasteiger partial charge in [-0.1, -0.05) is 19.1 Å². The lowest BCUT2D eigenvalue weighted by Crippen LogP contribution is -2.06. The molecule has 1 aromatic carbocycles. The maximum Gasteiger partial charge on any atom is 0.123 e. The molecule has 0 bridgehead atoms. The maximum absolute atomic E-state index is 13.2. The van der Waals surface area contributed by atoms with Crippen molar-refractivity contribution in [2.75, 3.05) is 13.2 Å². The predicted octanol–water partition coefficient (Wildman–Crippen LogP) is 4.13. The van der Waals surface area contributed by atoms with E-state index in [2.05, 4.69) is 16.9 Å². The molecule has 0 fully saturated rings. The highest BCUT2D eigenvalue weighted by Crippen LogP contribution is 2.23. The second-order valence-corrected chi connectivity index (χ2v) is 6.74. The molecule has 2 heterocycles. The number of hydrogen-bond donors (Lipinski definition) is 1. The Labute approximate surface area is 176 Å². The third-order valence-corrected chi connectivity index (χ3v) is 4.41. The van der Waals surface area contributed by atoms with Crippen LogP contribution in [0.4, 0.5) is 4.39 Å². The summed E-state index contributed by atoms with van der Waals surface area (Å²) in [6.07, 6.45) is 6.86. The van der Waals surface area contributed by atoms with Gasteiger partial charge in [-0.05, 0) is 30.0 Å². The Hall–Kier alpha value is -2.57. The lowest BCUT2D eigenvalue weighted by atomic mass is 9.95. The highest BCUT2D eigenvalue weighted by molar-refractivity contribution is 5.85. The molecule has 0 radical (unpaired) electrons. The second kappa shape index (κ2) is 11.4. The van der Waals surface area contributed by atoms with Crippen molar-refractivity contribution in [3.63, 3.8) is 0 Å². The molecule has 154 valence electrons. The molecule has 0 aliphatic rings. The molecule has 3 rings (SSSR count). The first-order valence-corrected chi connectivity index (χ1v) is 9.38. The molecule has 0 aliphatic heterocycles. The van der Waals surface area contributed by atoms with Crippen molar-refractivity contribution < 1.29 is 14.2 Å². The van der Waals surface area contributed by atoms with Crippen molar-refractivity contribution >= 4 is 12.4 Å². The Morgan fingerprint density at radius 3 is 2.52 bits per heavy atom. The lowest BCUT2D eigenvalue weighted by molar-refractivity contribution is 0.233. The Kier molecular flexibility index (Phi) is 8.96. The highest BCUT2D eigenvalue weighted by Gasteiger charge is 2.12. The topological polar surface area (TPSA) is 68.1 Å². The van der Waals surface area contributed by atoms with Crippen molar-refractivity contribution in [2.45, 2.75) is 32.1 Å². The van der Waals surface area contributed by atoms with E-state index >= 15 is 0 Å².